The van der Waals surface area contributed by atoms with Crippen LogP contribution in [0.3, 0.4) is 0 Å². The summed E-state index contributed by atoms with van der Waals surface area (Å²) >= 11 is 0. The molecule has 4 heteroatoms. The number of hydrogen-bond donors (Lipinski definition) is 1. The molecule has 1 amide bonds. The number of rotatable bonds is 4. The molecule has 102 valence electrons. The van der Waals surface area contributed by atoms with Gasteiger partial charge in [0.1, 0.15) is 0 Å². The number of likely N-dealkylation sites (tertiary alicyclic amines) is 1. The number of ketones is 1. The highest BCUT2D eigenvalue weighted by Crippen LogP contribution is 2.23. The van der Waals surface area contributed by atoms with Gasteiger partial charge in [0.2, 0.25) is 5.91 Å². The average Bonchev–Trinajstić information content (AvgIpc) is 2.89. The van der Waals surface area contributed by atoms with Crippen LogP contribution in [0, 0.1) is 0 Å². The van der Waals surface area contributed by atoms with Crippen LogP contribution in [-0.2, 0) is 9.59 Å². The Morgan fingerprint density at radius 2 is 2.17 bits per heavy atom. The van der Waals surface area contributed by atoms with Gasteiger partial charge in [0.25, 0.3) is 0 Å². The first kappa shape index (κ1) is 13.5. The lowest BCUT2D eigenvalue weighted by Gasteiger charge is -2.28. The normalized spacial score (nSPS) is 29.2. The van der Waals surface area contributed by atoms with Gasteiger partial charge in [-0.2, -0.15) is 0 Å². The van der Waals surface area contributed by atoms with Gasteiger partial charge >= 0.3 is 0 Å². The fourth-order valence-electron chi connectivity index (χ4n) is 3.19. The van der Waals surface area contributed by atoms with E-state index in [0.29, 0.717) is 24.9 Å². The van der Waals surface area contributed by atoms with Crippen molar-refractivity contribution < 1.29 is 9.59 Å². The maximum Gasteiger partial charge on any atom is 0.222 e. The van der Waals surface area contributed by atoms with E-state index in [1.54, 1.807) is 0 Å². The van der Waals surface area contributed by atoms with E-state index < -0.39 is 0 Å². The van der Waals surface area contributed by atoms with E-state index in [0.717, 1.165) is 25.8 Å². The van der Waals surface area contributed by atoms with Crippen LogP contribution in [0.1, 0.15) is 52.4 Å². The van der Waals surface area contributed by atoms with Crippen LogP contribution in [0.15, 0.2) is 0 Å². The summed E-state index contributed by atoms with van der Waals surface area (Å²) in [6, 6.07) is 0.659. The molecule has 4 nitrogen and oxygen atoms in total. The van der Waals surface area contributed by atoms with Crippen LogP contribution in [0.5, 0.6) is 0 Å². The third-order valence-electron chi connectivity index (χ3n) is 4.15. The second-order valence-corrected chi connectivity index (χ2v) is 5.81. The highest BCUT2D eigenvalue weighted by atomic mass is 16.2. The molecule has 2 rings (SSSR count). The molecule has 0 spiro atoms. The number of nitrogens with one attached hydrogen (secondary N) is 1. The quantitative estimate of drug-likeness (QED) is 0.824. The molecule has 0 radical (unpaired) electrons. The fraction of sp³-hybridized carbons (Fsp3) is 0.857. The zero-order chi connectivity index (χ0) is 13.1. The maximum atomic E-state index is 12.0. The number of hydrogen-bond acceptors (Lipinski definition) is 3. The van der Waals surface area contributed by atoms with Crippen molar-refractivity contribution in [2.75, 3.05) is 6.54 Å². The van der Waals surface area contributed by atoms with Crippen molar-refractivity contribution >= 4 is 11.7 Å². The first-order valence-electron chi connectivity index (χ1n) is 7.15. The first-order valence-corrected chi connectivity index (χ1v) is 7.15. The standard InChI is InChI=1S/C14H24N2O2/c1-10(2)16-8-4-5-11(16)9-14(18)15-12-6-3-7-13(12)17/h10-12H,3-9H2,1-2H3,(H,15,18)/t11-,12?/m0/s1. The van der Waals surface area contributed by atoms with Crippen molar-refractivity contribution in [3.05, 3.63) is 0 Å². The second-order valence-electron chi connectivity index (χ2n) is 5.81. The summed E-state index contributed by atoms with van der Waals surface area (Å²) < 4.78 is 0. The summed E-state index contributed by atoms with van der Waals surface area (Å²) in [5, 5.41) is 2.90. The van der Waals surface area contributed by atoms with Gasteiger partial charge in [-0.25, -0.2) is 0 Å². The molecule has 1 aliphatic carbocycles. The molecule has 1 heterocycles. The lowest BCUT2D eigenvalue weighted by Crippen LogP contribution is -2.42. The summed E-state index contributed by atoms with van der Waals surface area (Å²) in [4.78, 5) is 25.9. The lowest BCUT2D eigenvalue weighted by atomic mass is 10.1. The molecule has 0 bridgehead atoms. The topological polar surface area (TPSA) is 49.4 Å². The van der Waals surface area contributed by atoms with Crippen LogP contribution in [0.25, 0.3) is 0 Å². The van der Waals surface area contributed by atoms with Crippen molar-refractivity contribution in [1.82, 2.24) is 10.2 Å². The Morgan fingerprint density at radius 3 is 2.78 bits per heavy atom. The van der Waals surface area contributed by atoms with Crippen molar-refractivity contribution in [1.29, 1.82) is 0 Å². The van der Waals surface area contributed by atoms with E-state index in [2.05, 4.69) is 24.1 Å². The summed E-state index contributed by atoms with van der Waals surface area (Å²) in [6.45, 7) is 5.45. The molecular weight excluding hydrogens is 228 g/mol. The van der Waals surface area contributed by atoms with Gasteiger partial charge < -0.3 is 5.32 Å². The SMILES string of the molecule is CC(C)N1CCC[C@H]1CC(=O)NC1CCCC1=O. The number of amides is 1. The molecule has 1 N–H and O–H groups in total. The van der Waals surface area contributed by atoms with Gasteiger partial charge in [-0.15, -0.1) is 0 Å². The number of Topliss-reactive ketones (excluding diaryl/α,β-unsaturated/α-hetero) is 1. The van der Waals surface area contributed by atoms with Gasteiger partial charge in [0, 0.05) is 24.9 Å². The summed E-state index contributed by atoms with van der Waals surface area (Å²) in [6.07, 6.45) is 5.20. The van der Waals surface area contributed by atoms with E-state index in [4.69, 9.17) is 0 Å². The van der Waals surface area contributed by atoms with E-state index in [1.807, 2.05) is 0 Å². The van der Waals surface area contributed by atoms with Crippen LogP contribution < -0.4 is 5.32 Å². The molecule has 1 saturated heterocycles. The number of nitrogens with zero attached hydrogens (tertiary/aromatic N) is 1. The largest absolute Gasteiger partial charge is 0.346 e. The summed E-state index contributed by atoms with van der Waals surface area (Å²) in [5.74, 6) is 0.253. The third-order valence-corrected chi connectivity index (χ3v) is 4.15. The van der Waals surface area contributed by atoms with Gasteiger partial charge in [-0.3, -0.25) is 14.5 Å². The van der Waals surface area contributed by atoms with E-state index in [1.165, 1.54) is 6.42 Å². The highest BCUT2D eigenvalue weighted by molar-refractivity contribution is 5.90. The first-order chi connectivity index (χ1) is 8.58. The van der Waals surface area contributed by atoms with Crippen LogP contribution in [-0.4, -0.2) is 41.3 Å². The molecule has 0 aromatic heterocycles. The number of carbonyl (C=O) groups is 2. The zero-order valence-corrected chi connectivity index (χ0v) is 11.4. The van der Waals surface area contributed by atoms with Gasteiger partial charge in [0.15, 0.2) is 5.78 Å². The van der Waals surface area contributed by atoms with Crippen molar-refractivity contribution in [3.8, 4) is 0 Å². The van der Waals surface area contributed by atoms with Gasteiger partial charge in [0.05, 0.1) is 6.04 Å². The molecule has 2 aliphatic rings. The molecule has 2 fully saturated rings. The van der Waals surface area contributed by atoms with E-state index >= 15 is 0 Å². The Labute approximate surface area is 109 Å². The Kier molecular flexibility index (Phi) is 4.38. The molecule has 2 atom stereocenters. The van der Waals surface area contributed by atoms with Crippen molar-refractivity contribution in [3.63, 3.8) is 0 Å². The van der Waals surface area contributed by atoms with Crippen LogP contribution in [0.2, 0.25) is 0 Å². The van der Waals surface area contributed by atoms with Crippen LogP contribution in [0.4, 0.5) is 0 Å². The average molecular weight is 252 g/mol. The molecule has 0 aromatic rings. The predicted molar refractivity (Wildman–Crippen MR) is 70.3 cm³/mol. The second kappa shape index (κ2) is 5.83. The monoisotopic (exact) mass is 252 g/mol. The molecule has 1 aliphatic heterocycles. The fourth-order valence-corrected chi connectivity index (χ4v) is 3.19. The molecular formula is C14H24N2O2. The number of carbonyl (C=O) groups excluding carboxylic acids is 2. The minimum atomic E-state index is -0.202. The molecule has 0 aromatic carbocycles. The molecule has 18 heavy (non-hydrogen) atoms. The molecule has 1 unspecified atom stereocenters. The molecule has 1 saturated carbocycles. The Balaban J connectivity index is 1.81. The van der Waals surface area contributed by atoms with Crippen LogP contribution >= 0.6 is 0 Å². The Bertz CT molecular complexity index is 328. The summed E-state index contributed by atoms with van der Waals surface area (Å²) in [7, 11) is 0. The van der Waals surface area contributed by atoms with Crippen molar-refractivity contribution in [2.24, 2.45) is 0 Å². The minimum absolute atomic E-state index is 0.0489. The van der Waals surface area contributed by atoms with Gasteiger partial charge in [-0.1, -0.05) is 0 Å². The third kappa shape index (κ3) is 3.10. The predicted octanol–water partition coefficient (Wildman–Crippen LogP) is 1.49. The minimum Gasteiger partial charge on any atom is -0.346 e. The lowest BCUT2D eigenvalue weighted by molar-refractivity contribution is -0.127. The van der Waals surface area contributed by atoms with E-state index in [9.17, 15) is 9.59 Å². The Morgan fingerprint density at radius 1 is 1.39 bits per heavy atom. The Hall–Kier alpha value is -0.900. The highest BCUT2D eigenvalue weighted by Gasteiger charge is 2.30. The van der Waals surface area contributed by atoms with E-state index in [-0.39, 0.29) is 17.7 Å². The maximum absolute atomic E-state index is 12.0. The summed E-state index contributed by atoms with van der Waals surface area (Å²) in [5.41, 5.74) is 0. The smallest absolute Gasteiger partial charge is 0.222 e. The zero-order valence-electron chi connectivity index (χ0n) is 11.4. The van der Waals surface area contributed by atoms with Gasteiger partial charge in [-0.05, 0) is 46.1 Å². The van der Waals surface area contributed by atoms with Crippen molar-refractivity contribution in [2.45, 2.75) is 70.5 Å².